The fraction of sp³-hybridized carbons (Fsp3) is 0.367. The predicted molar refractivity (Wildman–Crippen MR) is 134 cm³/mol. The van der Waals surface area contributed by atoms with Crippen molar-refractivity contribution in [2.75, 3.05) is 24.6 Å². The molecule has 0 aromatic heterocycles. The minimum absolute atomic E-state index is 0.186. The van der Waals surface area contributed by atoms with Crippen molar-refractivity contribution >= 4 is 12.0 Å². The molecule has 3 heteroatoms. The van der Waals surface area contributed by atoms with Gasteiger partial charge in [-0.05, 0) is 71.7 Å². The van der Waals surface area contributed by atoms with E-state index in [-0.39, 0.29) is 5.92 Å². The SMILES string of the molecule is CCCCOc1ccc2c(c1)CCC(c1ccccc1)C2c1ccc(N2CC(C=O)C2)cc1. The van der Waals surface area contributed by atoms with Crippen molar-refractivity contribution in [3.63, 3.8) is 0 Å². The number of carbonyl (C=O) groups excluding carboxylic acids is 1. The summed E-state index contributed by atoms with van der Waals surface area (Å²) in [6, 6.07) is 26.7. The number of ether oxygens (including phenoxy) is 1. The average molecular weight is 440 g/mol. The van der Waals surface area contributed by atoms with Crippen molar-refractivity contribution in [3.05, 3.63) is 95.1 Å². The van der Waals surface area contributed by atoms with Gasteiger partial charge >= 0.3 is 0 Å². The van der Waals surface area contributed by atoms with Crippen LogP contribution < -0.4 is 9.64 Å². The lowest BCUT2D eigenvalue weighted by Gasteiger charge is -2.39. The lowest BCUT2D eigenvalue weighted by Crippen LogP contribution is -2.47. The third kappa shape index (κ3) is 4.55. The van der Waals surface area contributed by atoms with E-state index in [4.69, 9.17) is 4.74 Å². The minimum Gasteiger partial charge on any atom is -0.494 e. The fourth-order valence-corrected chi connectivity index (χ4v) is 5.39. The highest BCUT2D eigenvalue weighted by atomic mass is 16.5. The van der Waals surface area contributed by atoms with Crippen molar-refractivity contribution in [2.45, 2.75) is 44.4 Å². The Morgan fingerprint density at radius 3 is 2.48 bits per heavy atom. The zero-order chi connectivity index (χ0) is 22.6. The molecule has 0 radical (unpaired) electrons. The number of hydrogen-bond acceptors (Lipinski definition) is 3. The molecular formula is C30H33NO2. The van der Waals surface area contributed by atoms with Crippen LogP contribution in [0, 0.1) is 5.92 Å². The molecule has 2 atom stereocenters. The van der Waals surface area contributed by atoms with Crippen molar-refractivity contribution in [1.82, 2.24) is 0 Å². The van der Waals surface area contributed by atoms with Crippen LogP contribution in [0.4, 0.5) is 5.69 Å². The maximum absolute atomic E-state index is 11.0. The van der Waals surface area contributed by atoms with E-state index in [0.29, 0.717) is 11.8 Å². The third-order valence-electron chi connectivity index (χ3n) is 7.29. The quantitative estimate of drug-likeness (QED) is 0.302. The molecule has 0 bridgehead atoms. The molecular weight excluding hydrogens is 406 g/mol. The summed E-state index contributed by atoms with van der Waals surface area (Å²) < 4.78 is 6.01. The number of fused-ring (bicyclic) bond motifs is 1. The second-order valence-corrected chi connectivity index (χ2v) is 9.49. The Bertz CT molecular complexity index is 1070. The summed E-state index contributed by atoms with van der Waals surface area (Å²) in [6.07, 6.45) is 5.53. The van der Waals surface area contributed by atoms with Gasteiger partial charge in [0, 0.05) is 30.6 Å². The van der Waals surface area contributed by atoms with Gasteiger partial charge in [-0.15, -0.1) is 0 Å². The summed E-state index contributed by atoms with van der Waals surface area (Å²) in [4.78, 5) is 13.3. The second kappa shape index (κ2) is 9.82. The highest BCUT2D eigenvalue weighted by Crippen LogP contribution is 2.47. The molecule has 2 aliphatic rings. The van der Waals surface area contributed by atoms with E-state index in [1.54, 1.807) is 0 Å². The zero-order valence-electron chi connectivity index (χ0n) is 19.5. The highest BCUT2D eigenvalue weighted by molar-refractivity contribution is 5.63. The third-order valence-corrected chi connectivity index (χ3v) is 7.29. The van der Waals surface area contributed by atoms with E-state index in [1.807, 2.05) is 0 Å². The van der Waals surface area contributed by atoms with Crippen molar-refractivity contribution in [2.24, 2.45) is 5.92 Å². The number of nitrogens with zero attached hydrogens (tertiary/aromatic N) is 1. The number of unbranched alkanes of at least 4 members (excludes halogenated alkanes) is 1. The van der Waals surface area contributed by atoms with E-state index in [2.05, 4.69) is 84.6 Å². The monoisotopic (exact) mass is 439 g/mol. The van der Waals surface area contributed by atoms with Gasteiger partial charge in [-0.1, -0.05) is 61.9 Å². The number of rotatable bonds is 8. The molecule has 1 aliphatic carbocycles. The molecule has 1 aliphatic heterocycles. The average Bonchev–Trinajstić information content (AvgIpc) is 2.84. The van der Waals surface area contributed by atoms with Crippen molar-refractivity contribution in [1.29, 1.82) is 0 Å². The van der Waals surface area contributed by atoms with Crippen LogP contribution >= 0.6 is 0 Å². The van der Waals surface area contributed by atoms with Gasteiger partial charge in [0.1, 0.15) is 12.0 Å². The Morgan fingerprint density at radius 1 is 0.970 bits per heavy atom. The topological polar surface area (TPSA) is 29.5 Å². The summed E-state index contributed by atoms with van der Waals surface area (Å²) in [5.74, 6) is 1.97. The van der Waals surface area contributed by atoms with E-state index in [9.17, 15) is 4.79 Å². The van der Waals surface area contributed by atoms with Gasteiger partial charge in [0.05, 0.1) is 6.61 Å². The summed E-state index contributed by atoms with van der Waals surface area (Å²) in [5, 5.41) is 0. The van der Waals surface area contributed by atoms with Crippen LogP contribution in [0.1, 0.15) is 60.3 Å². The summed E-state index contributed by atoms with van der Waals surface area (Å²) in [5.41, 5.74) is 6.83. The molecule has 1 saturated heterocycles. The molecule has 0 saturated carbocycles. The number of anilines is 1. The molecule has 3 aromatic carbocycles. The number of aryl methyl sites for hydroxylation is 1. The maximum atomic E-state index is 11.0. The molecule has 3 nitrogen and oxygen atoms in total. The molecule has 1 heterocycles. The Labute approximate surface area is 197 Å². The van der Waals surface area contributed by atoms with Gasteiger partial charge in [-0.3, -0.25) is 0 Å². The van der Waals surface area contributed by atoms with Crippen LogP contribution in [0.5, 0.6) is 5.75 Å². The second-order valence-electron chi connectivity index (χ2n) is 9.49. The Hall–Kier alpha value is -3.07. The van der Waals surface area contributed by atoms with E-state index < -0.39 is 0 Å². The summed E-state index contributed by atoms with van der Waals surface area (Å²) in [7, 11) is 0. The number of benzene rings is 3. The Balaban J connectivity index is 1.46. The number of aldehydes is 1. The molecule has 2 unspecified atom stereocenters. The normalized spacial score (nSPS) is 20.1. The van der Waals surface area contributed by atoms with Crippen LogP contribution in [-0.4, -0.2) is 26.0 Å². The van der Waals surface area contributed by atoms with Crippen LogP contribution in [-0.2, 0) is 11.2 Å². The molecule has 0 amide bonds. The molecule has 5 rings (SSSR count). The van der Waals surface area contributed by atoms with Gasteiger partial charge in [-0.2, -0.15) is 0 Å². The lowest BCUT2D eigenvalue weighted by molar-refractivity contribution is -0.111. The molecule has 0 spiro atoms. The van der Waals surface area contributed by atoms with E-state index in [1.165, 1.54) is 27.9 Å². The predicted octanol–water partition coefficient (Wildman–Crippen LogP) is 6.36. The Kier molecular flexibility index (Phi) is 6.48. The highest BCUT2D eigenvalue weighted by Gasteiger charge is 2.33. The van der Waals surface area contributed by atoms with Crippen LogP contribution in [0.15, 0.2) is 72.8 Å². The number of hydrogen-bond donors (Lipinski definition) is 0. The van der Waals surface area contributed by atoms with Crippen molar-refractivity contribution < 1.29 is 9.53 Å². The van der Waals surface area contributed by atoms with Gasteiger partial charge in [0.2, 0.25) is 0 Å². The fourth-order valence-electron chi connectivity index (χ4n) is 5.39. The molecule has 1 fully saturated rings. The zero-order valence-corrected chi connectivity index (χ0v) is 19.5. The first-order valence-corrected chi connectivity index (χ1v) is 12.4. The molecule has 3 aromatic rings. The number of carbonyl (C=O) groups is 1. The largest absolute Gasteiger partial charge is 0.494 e. The standard InChI is InChI=1S/C30H33NO2/c1-2-3-17-33-27-14-16-29-25(18-27)11-15-28(23-7-5-4-6-8-23)30(29)24-9-12-26(13-10-24)31-19-22(20-31)21-32/h4-10,12-14,16,18,21-22,28,30H,2-3,11,15,17,19-20H2,1H3. The van der Waals surface area contributed by atoms with Crippen molar-refractivity contribution in [3.8, 4) is 5.75 Å². The minimum atomic E-state index is 0.186. The van der Waals surface area contributed by atoms with Gasteiger partial charge < -0.3 is 14.4 Å². The molecule has 170 valence electrons. The first kappa shape index (κ1) is 21.8. The van der Waals surface area contributed by atoms with Gasteiger partial charge in [-0.25, -0.2) is 0 Å². The molecule has 33 heavy (non-hydrogen) atoms. The van der Waals surface area contributed by atoms with Gasteiger partial charge in [0.15, 0.2) is 0 Å². The summed E-state index contributed by atoms with van der Waals surface area (Å²) in [6.45, 7) is 4.65. The summed E-state index contributed by atoms with van der Waals surface area (Å²) >= 11 is 0. The van der Waals surface area contributed by atoms with E-state index in [0.717, 1.165) is 57.4 Å². The van der Waals surface area contributed by atoms with E-state index >= 15 is 0 Å². The van der Waals surface area contributed by atoms with Crippen LogP contribution in [0.25, 0.3) is 0 Å². The van der Waals surface area contributed by atoms with Crippen LogP contribution in [0.2, 0.25) is 0 Å². The van der Waals surface area contributed by atoms with Gasteiger partial charge in [0.25, 0.3) is 0 Å². The lowest BCUT2D eigenvalue weighted by atomic mass is 9.69. The first-order valence-electron chi connectivity index (χ1n) is 12.4. The maximum Gasteiger partial charge on any atom is 0.126 e. The smallest absolute Gasteiger partial charge is 0.126 e. The molecule has 0 N–H and O–H groups in total. The Morgan fingerprint density at radius 2 is 1.76 bits per heavy atom. The first-order chi connectivity index (χ1) is 16.3. The van der Waals surface area contributed by atoms with Crippen LogP contribution in [0.3, 0.4) is 0 Å².